The smallest absolute Gasteiger partial charge is 0.109 e. The highest BCUT2D eigenvalue weighted by molar-refractivity contribution is 4.91. The second-order valence-corrected chi connectivity index (χ2v) is 3.22. The summed E-state index contributed by atoms with van der Waals surface area (Å²) < 4.78 is 0. The van der Waals surface area contributed by atoms with Crippen molar-refractivity contribution in [1.29, 1.82) is 0 Å². The lowest BCUT2D eigenvalue weighted by atomic mass is 9.81. The third-order valence-electron chi connectivity index (χ3n) is 2.36. The van der Waals surface area contributed by atoms with Crippen LogP contribution < -0.4 is 0 Å². The molecule has 1 aliphatic carbocycles. The topological polar surface area (TPSA) is 101 Å². The molecular formula is C7H14O5. The van der Waals surface area contributed by atoms with E-state index in [1.165, 1.54) is 0 Å². The molecule has 1 rings (SSSR count). The van der Waals surface area contributed by atoms with Crippen molar-refractivity contribution < 1.29 is 25.5 Å². The average Bonchev–Trinajstić information content (AvgIpc) is 2.08. The standard InChI is InChI=1S/C7H14O5/c8-2-3-1-4(9)6(11)7(12)5(3)10/h3-12H,1-2H2/t3-,4-,5+,6-,7-/m1/s1. The summed E-state index contributed by atoms with van der Waals surface area (Å²) in [6, 6.07) is 0. The predicted molar refractivity (Wildman–Crippen MR) is 39.2 cm³/mol. The summed E-state index contributed by atoms with van der Waals surface area (Å²) in [5.41, 5.74) is 0. The zero-order chi connectivity index (χ0) is 9.30. The van der Waals surface area contributed by atoms with E-state index in [9.17, 15) is 5.11 Å². The number of rotatable bonds is 1. The van der Waals surface area contributed by atoms with Gasteiger partial charge in [0.1, 0.15) is 12.2 Å². The fraction of sp³-hybridized carbons (Fsp3) is 1.00. The van der Waals surface area contributed by atoms with Gasteiger partial charge in [0.2, 0.25) is 0 Å². The quantitative estimate of drug-likeness (QED) is 0.304. The Kier molecular flexibility index (Phi) is 3.03. The minimum Gasteiger partial charge on any atom is -0.396 e. The van der Waals surface area contributed by atoms with Gasteiger partial charge in [-0.05, 0) is 6.42 Å². The maximum Gasteiger partial charge on any atom is 0.109 e. The molecule has 5 heteroatoms. The van der Waals surface area contributed by atoms with Gasteiger partial charge in [-0.3, -0.25) is 0 Å². The van der Waals surface area contributed by atoms with Crippen molar-refractivity contribution in [2.75, 3.05) is 6.61 Å². The predicted octanol–water partition coefficient (Wildman–Crippen LogP) is -2.56. The Bertz CT molecular complexity index is 146. The molecule has 0 amide bonds. The van der Waals surface area contributed by atoms with Crippen LogP contribution >= 0.6 is 0 Å². The molecule has 0 saturated heterocycles. The van der Waals surface area contributed by atoms with Crippen LogP contribution in [-0.2, 0) is 0 Å². The van der Waals surface area contributed by atoms with Crippen molar-refractivity contribution in [3.8, 4) is 0 Å². The normalized spacial score (nSPS) is 49.2. The van der Waals surface area contributed by atoms with Crippen LogP contribution in [0.2, 0.25) is 0 Å². The average molecular weight is 178 g/mol. The van der Waals surface area contributed by atoms with Gasteiger partial charge < -0.3 is 25.5 Å². The first-order valence-corrected chi connectivity index (χ1v) is 3.91. The van der Waals surface area contributed by atoms with Gasteiger partial charge in [0.25, 0.3) is 0 Å². The molecule has 12 heavy (non-hydrogen) atoms. The molecule has 5 atom stereocenters. The lowest BCUT2D eigenvalue weighted by molar-refractivity contribution is -0.163. The van der Waals surface area contributed by atoms with E-state index in [1.807, 2.05) is 0 Å². The molecule has 0 radical (unpaired) electrons. The summed E-state index contributed by atoms with van der Waals surface area (Å²) in [5, 5.41) is 45.3. The molecule has 0 unspecified atom stereocenters. The Labute approximate surface area is 69.9 Å². The molecule has 1 saturated carbocycles. The first kappa shape index (κ1) is 9.88. The van der Waals surface area contributed by atoms with Gasteiger partial charge in [0, 0.05) is 12.5 Å². The third-order valence-corrected chi connectivity index (χ3v) is 2.36. The van der Waals surface area contributed by atoms with E-state index < -0.39 is 30.3 Å². The highest BCUT2D eigenvalue weighted by Gasteiger charge is 2.41. The van der Waals surface area contributed by atoms with E-state index in [4.69, 9.17) is 20.4 Å². The van der Waals surface area contributed by atoms with Crippen LogP contribution in [0.4, 0.5) is 0 Å². The lowest BCUT2D eigenvalue weighted by Gasteiger charge is -2.37. The molecule has 1 aliphatic rings. The van der Waals surface area contributed by atoms with Gasteiger partial charge in [0.15, 0.2) is 0 Å². The fourth-order valence-corrected chi connectivity index (χ4v) is 1.48. The molecule has 0 aromatic heterocycles. The van der Waals surface area contributed by atoms with Gasteiger partial charge in [-0.25, -0.2) is 0 Å². The Morgan fingerprint density at radius 3 is 2.00 bits per heavy atom. The molecule has 0 aromatic rings. The first-order chi connectivity index (χ1) is 5.57. The first-order valence-electron chi connectivity index (χ1n) is 3.91. The third kappa shape index (κ3) is 1.60. The number of aliphatic hydroxyl groups excluding tert-OH is 5. The minimum atomic E-state index is -1.37. The number of hydrogen-bond donors (Lipinski definition) is 5. The van der Waals surface area contributed by atoms with Crippen LogP contribution in [0, 0.1) is 5.92 Å². The van der Waals surface area contributed by atoms with Crippen LogP contribution in [0.25, 0.3) is 0 Å². The van der Waals surface area contributed by atoms with Crippen molar-refractivity contribution in [3.05, 3.63) is 0 Å². The van der Waals surface area contributed by atoms with Crippen LogP contribution in [-0.4, -0.2) is 56.6 Å². The number of aliphatic hydroxyl groups is 5. The van der Waals surface area contributed by atoms with E-state index in [2.05, 4.69) is 0 Å². The monoisotopic (exact) mass is 178 g/mol. The van der Waals surface area contributed by atoms with Crippen molar-refractivity contribution >= 4 is 0 Å². The zero-order valence-corrected chi connectivity index (χ0v) is 6.54. The fourth-order valence-electron chi connectivity index (χ4n) is 1.48. The molecule has 0 heterocycles. The lowest BCUT2D eigenvalue weighted by Crippen LogP contribution is -2.54. The Morgan fingerprint density at radius 2 is 1.50 bits per heavy atom. The maximum atomic E-state index is 9.24. The van der Waals surface area contributed by atoms with E-state index in [-0.39, 0.29) is 13.0 Å². The molecule has 0 aliphatic heterocycles. The molecule has 1 fully saturated rings. The SMILES string of the molecule is OC[C@H]1C[C@@H](O)[C@@H](O)[C@H](O)[C@H]1O. The Balaban J connectivity index is 2.63. The van der Waals surface area contributed by atoms with Crippen molar-refractivity contribution in [2.45, 2.75) is 30.8 Å². The molecular weight excluding hydrogens is 164 g/mol. The van der Waals surface area contributed by atoms with Gasteiger partial charge in [-0.2, -0.15) is 0 Å². The zero-order valence-electron chi connectivity index (χ0n) is 6.54. The Hall–Kier alpha value is -0.200. The summed E-state index contributed by atoms with van der Waals surface area (Å²) in [7, 11) is 0. The second-order valence-electron chi connectivity index (χ2n) is 3.22. The summed E-state index contributed by atoms with van der Waals surface area (Å²) >= 11 is 0. The van der Waals surface area contributed by atoms with Gasteiger partial charge >= 0.3 is 0 Å². The molecule has 0 aromatic carbocycles. The van der Waals surface area contributed by atoms with Crippen LogP contribution in [0.15, 0.2) is 0 Å². The Morgan fingerprint density at radius 1 is 0.917 bits per heavy atom. The largest absolute Gasteiger partial charge is 0.396 e. The molecule has 5 nitrogen and oxygen atoms in total. The van der Waals surface area contributed by atoms with Crippen molar-refractivity contribution in [1.82, 2.24) is 0 Å². The van der Waals surface area contributed by atoms with Crippen molar-refractivity contribution in [2.24, 2.45) is 5.92 Å². The molecule has 5 N–H and O–H groups in total. The summed E-state index contributed by atoms with van der Waals surface area (Å²) in [6.07, 6.45) is -4.81. The summed E-state index contributed by atoms with van der Waals surface area (Å²) in [5.74, 6) is -0.557. The highest BCUT2D eigenvalue weighted by atomic mass is 16.4. The molecule has 0 bridgehead atoms. The van der Waals surface area contributed by atoms with E-state index in [1.54, 1.807) is 0 Å². The summed E-state index contributed by atoms with van der Waals surface area (Å²) in [6.45, 7) is -0.304. The van der Waals surface area contributed by atoms with Crippen LogP contribution in [0.5, 0.6) is 0 Å². The van der Waals surface area contributed by atoms with E-state index >= 15 is 0 Å². The van der Waals surface area contributed by atoms with E-state index in [0.717, 1.165) is 0 Å². The van der Waals surface area contributed by atoms with Gasteiger partial charge in [0.05, 0.1) is 12.2 Å². The van der Waals surface area contributed by atoms with Crippen LogP contribution in [0.1, 0.15) is 6.42 Å². The highest BCUT2D eigenvalue weighted by Crippen LogP contribution is 2.25. The molecule has 72 valence electrons. The van der Waals surface area contributed by atoms with Crippen molar-refractivity contribution in [3.63, 3.8) is 0 Å². The number of hydrogen-bond acceptors (Lipinski definition) is 5. The molecule has 0 spiro atoms. The van der Waals surface area contributed by atoms with Gasteiger partial charge in [-0.15, -0.1) is 0 Å². The van der Waals surface area contributed by atoms with Gasteiger partial charge in [-0.1, -0.05) is 0 Å². The summed E-state index contributed by atoms with van der Waals surface area (Å²) in [4.78, 5) is 0. The second kappa shape index (κ2) is 3.68. The van der Waals surface area contributed by atoms with Crippen LogP contribution in [0.3, 0.4) is 0 Å². The minimum absolute atomic E-state index is 0.107. The van der Waals surface area contributed by atoms with E-state index in [0.29, 0.717) is 0 Å². The maximum absolute atomic E-state index is 9.24.